The second kappa shape index (κ2) is 5.56. The number of benzene rings is 1. The molecule has 0 spiro atoms. The molecule has 1 heterocycles. The Kier molecular flexibility index (Phi) is 4.07. The van der Waals surface area contributed by atoms with Crippen LogP contribution in [0.2, 0.25) is 0 Å². The van der Waals surface area contributed by atoms with Gasteiger partial charge in [-0.3, -0.25) is 9.69 Å². The SMILES string of the molecule is COc1cccc(CN2CC(SC(C)=O)C2)c1. The van der Waals surface area contributed by atoms with Crippen LogP contribution < -0.4 is 4.74 Å². The van der Waals surface area contributed by atoms with Gasteiger partial charge in [0.2, 0.25) is 0 Å². The summed E-state index contributed by atoms with van der Waals surface area (Å²) in [5, 5.41) is 0.703. The summed E-state index contributed by atoms with van der Waals surface area (Å²) in [7, 11) is 1.68. The number of thioether (sulfide) groups is 1. The van der Waals surface area contributed by atoms with Gasteiger partial charge in [0.1, 0.15) is 5.75 Å². The molecule has 3 nitrogen and oxygen atoms in total. The number of rotatable bonds is 4. The van der Waals surface area contributed by atoms with E-state index in [2.05, 4.69) is 17.0 Å². The molecule has 2 rings (SSSR count). The lowest BCUT2D eigenvalue weighted by Crippen LogP contribution is -2.48. The average Bonchev–Trinajstić information content (AvgIpc) is 2.26. The third kappa shape index (κ3) is 3.48. The Morgan fingerprint density at radius 1 is 1.53 bits per heavy atom. The van der Waals surface area contributed by atoms with Gasteiger partial charge >= 0.3 is 0 Å². The third-order valence-electron chi connectivity index (χ3n) is 2.80. The Bertz CT molecular complexity index is 402. The molecule has 0 aliphatic carbocycles. The van der Waals surface area contributed by atoms with Crippen molar-refractivity contribution in [2.45, 2.75) is 18.7 Å². The average molecular weight is 251 g/mol. The highest BCUT2D eigenvalue weighted by molar-refractivity contribution is 8.14. The number of likely N-dealkylation sites (tertiary alicyclic amines) is 1. The Hall–Kier alpha value is -1.00. The first-order valence-electron chi connectivity index (χ1n) is 5.70. The monoisotopic (exact) mass is 251 g/mol. The van der Waals surface area contributed by atoms with Gasteiger partial charge in [0.25, 0.3) is 0 Å². The van der Waals surface area contributed by atoms with Crippen molar-refractivity contribution in [1.82, 2.24) is 4.90 Å². The van der Waals surface area contributed by atoms with E-state index < -0.39 is 0 Å². The lowest BCUT2D eigenvalue weighted by atomic mass is 10.1. The van der Waals surface area contributed by atoms with Crippen LogP contribution in [0, 0.1) is 0 Å². The van der Waals surface area contributed by atoms with E-state index >= 15 is 0 Å². The van der Waals surface area contributed by atoms with E-state index in [0.29, 0.717) is 5.25 Å². The molecule has 0 N–H and O–H groups in total. The molecule has 17 heavy (non-hydrogen) atoms. The van der Waals surface area contributed by atoms with Gasteiger partial charge in [-0.15, -0.1) is 0 Å². The molecule has 1 saturated heterocycles. The summed E-state index contributed by atoms with van der Waals surface area (Å²) in [6.45, 7) is 4.57. The van der Waals surface area contributed by atoms with Gasteiger partial charge in [0.15, 0.2) is 5.12 Å². The number of carbonyl (C=O) groups excluding carboxylic acids is 1. The molecule has 1 aliphatic heterocycles. The Morgan fingerprint density at radius 3 is 2.94 bits per heavy atom. The van der Waals surface area contributed by atoms with Crippen LogP contribution in [0.15, 0.2) is 24.3 Å². The molecule has 0 amide bonds. The van der Waals surface area contributed by atoms with Crippen molar-refractivity contribution in [3.05, 3.63) is 29.8 Å². The van der Waals surface area contributed by atoms with Gasteiger partial charge in [0, 0.05) is 31.8 Å². The van der Waals surface area contributed by atoms with Crippen LogP contribution in [0.4, 0.5) is 0 Å². The topological polar surface area (TPSA) is 29.5 Å². The predicted octanol–water partition coefficient (Wildman–Crippen LogP) is 2.16. The molecule has 1 aliphatic rings. The maximum absolute atomic E-state index is 10.9. The standard InChI is InChI=1S/C13H17NO2S/c1-10(15)17-13-8-14(9-13)7-11-4-3-5-12(6-11)16-2/h3-6,13H,7-9H2,1-2H3. The minimum Gasteiger partial charge on any atom is -0.497 e. The fraction of sp³-hybridized carbons (Fsp3) is 0.462. The molecule has 0 radical (unpaired) electrons. The molecule has 0 atom stereocenters. The molecule has 92 valence electrons. The van der Waals surface area contributed by atoms with Crippen molar-refractivity contribution in [3.63, 3.8) is 0 Å². The van der Waals surface area contributed by atoms with Gasteiger partial charge in [-0.1, -0.05) is 23.9 Å². The minimum absolute atomic E-state index is 0.219. The molecule has 0 aromatic heterocycles. The third-order valence-corrected chi connectivity index (χ3v) is 3.76. The van der Waals surface area contributed by atoms with Crippen molar-refractivity contribution in [1.29, 1.82) is 0 Å². The highest BCUT2D eigenvalue weighted by Gasteiger charge is 2.28. The highest BCUT2D eigenvalue weighted by atomic mass is 32.2. The van der Waals surface area contributed by atoms with Gasteiger partial charge < -0.3 is 4.74 Å². The molecule has 0 unspecified atom stereocenters. The molecule has 1 aromatic carbocycles. The molecular formula is C13H17NO2S. The van der Waals surface area contributed by atoms with Crippen molar-refractivity contribution in [2.24, 2.45) is 0 Å². The predicted molar refractivity (Wildman–Crippen MR) is 70.3 cm³/mol. The fourth-order valence-electron chi connectivity index (χ4n) is 1.99. The maximum Gasteiger partial charge on any atom is 0.186 e. The van der Waals surface area contributed by atoms with E-state index in [1.165, 1.54) is 17.3 Å². The zero-order valence-corrected chi connectivity index (χ0v) is 11.0. The lowest BCUT2D eigenvalue weighted by molar-refractivity contribution is -0.109. The number of ether oxygens (including phenoxy) is 1. The van der Waals surface area contributed by atoms with Crippen molar-refractivity contribution in [2.75, 3.05) is 20.2 Å². The van der Waals surface area contributed by atoms with E-state index in [0.717, 1.165) is 25.4 Å². The fourth-order valence-corrected chi connectivity index (χ4v) is 3.03. The molecule has 1 aromatic rings. The van der Waals surface area contributed by atoms with Crippen LogP contribution in [0.25, 0.3) is 0 Å². The summed E-state index contributed by atoms with van der Waals surface area (Å²) in [4.78, 5) is 13.3. The molecule has 0 saturated carbocycles. The zero-order chi connectivity index (χ0) is 12.3. The van der Waals surface area contributed by atoms with Crippen LogP contribution in [0.1, 0.15) is 12.5 Å². The van der Waals surface area contributed by atoms with E-state index in [9.17, 15) is 4.79 Å². The smallest absolute Gasteiger partial charge is 0.186 e. The first kappa shape index (κ1) is 12.5. The Labute approximate surface area is 106 Å². The van der Waals surface area contributed by atoms with Gasteiger partial charge in [-0.05, 0) is 17.7 Å². The summed E-state index contributed by atoms with van der Waals surface area (Å²) in [6.07, 6.45) is 0. The largest absolute Gasteiger partial charge is 0.497 e. The van der Waals surface area contributed by atoms with Gasteiger partial charge in [0.05, 0.1) is 7.11 Å². The quantitative estimate of drug-likeness (QED) is 0.820. The number of hydrogen-bond donors (Lipinski definition) is 0. The van der Waals surface area contributed by atoms with Gasteiger partial charge in [-0.25, -0.2) is 0 Å². The summed E-state index contributed by atoms with van der Waals surface area (Å²) in [5.41, 5.74) is 1.26. The van der Waals surface area contributed by atoms with Crippen LogP contribution >= 0.6 is 11.8 Å². The lowest BCUT2D eigenvalue weighted by Gasteiger charge is -2.38. The highest BCUT2D eigenvalue weighted by Crippen LogP contribution is 2.25. The molecule has 1 fully saturated rings. The van der Waals surface area contributed by atoms with Crippen molar-refractivity contribution < 1.29 is 9.53 Å². The second-order valence-corrected chi connectivity index (χ2v) is 5.75. The number of hydrogen-bond acceptors (Lipinski definition) is 4. The maximum atomic E-state index is 10.9. The van der Waals surface area contributed by atoms with Crippen molar-refractivity contribution >= 4 is 16.9 Å². The summed E-state index contributed by atoms with van der Waals surface area (Å²) < 4.78 is 5.19. The summed E-state index contributed by atoms with van der Waals surface area (Å²) >= 11 is 1.46. The van der Waals surface area contributed by atoms with E-state index in [4.69, 9.17) is 4.74 Å². The Balaban J connectivity index is 1.81. The van der Waals surface area contributed by atoms with Gasteiger partial charge in [-0.2, -0.15) is 0 Å². The number of nitrogens with zero attached hydrogens (tertiary/aromatic N) is 1. The molecular weight excluding hydrogens is 234 g/mol. The van der Waals surface area contributed by atoms with E-state index in [-0.39, 0.29) is 5.12 Å². The van der Waals surface area contributed by atoms with Crippen LogP contribution in [0.3, 0.4) is 0 Å². The second-order valence-electron chi connectivity index (χ2n) is 4.28. The number of methoxy groups -OCH3 is 1. The summed E-state index contributed by atoms with van der Waals surface area (Å²) in [5.74, 6) is 0.901. The summed E-state index contributed by atoms with van der Waals surface area (Å²) in [6, 6.07) is 8.13. The number of carbonyl (C=O) groups is 1. The van der Waals surface area contributed by atoms with Crippen LogP contribution in [-0.2, 0) is 11.3 Å². The Morgan fingerprint density at radius 2 is 2.29 bits per heavy atom. The molecule has 4 heteroatoms. The minimum atomic E-state index is 0.219. The first-order chi connectivity index (χ1) is 8.17. The van der Waals surface area contributed by atoms with Crippen LogP contribution in [0.5, 0.6) is 5.75 Å². The first-order valence-corrected chi connectivity index (χ1v) is 6.58. The molecule has 0 bridgehead atoms. The van der Waals surface area contributed by atoms with Crippen LogP contribution in [-0.4, -0.2) is 35.5 Å². The van der Waals surface area contributed by atoms with E-state index in [1.807, 2.05) is 12.1 Å². The normalized spacial score (nSPS) is 16.6. The zero-order valence-electron chi connectivity index (χ0n) is 10.2. The van der Waals surface area contributed by atoms with E-state index in [1.54, 1.807) is 14.0 Å². The van der Waals surface area contributed by atoms with Crippen molar-refractivity contribution in [3.8, 4) is 5.75 Å².